The number of carboxylic acid groups (broad SMARTS) is 1. The Morgan fingerprint density at radius 2 is 1.57 bits per heavy atom. The number of para-hydroxylation sites is 1. The summed E-state index contributed by atoms with van der Waals surface area (Å²) in [5.41, 5.74) is -2.59. The van der Waals surface area contributed by atoms with Gasteiger partial charge in [0.1, 0.15) is 17.7 Å². The first-order chi connectivity index (χ1) is 23.5. The Kier molecular flexibility index (Phi) is 12.9. The molecule has 4 N–H and O–H groups in total. The smallest absolute Gasteiger partial charge is 0.322 e. The van der Waals surface area contributed by atoms with Crippen LogP contribution in [0, 0.1) is 5.41 Å². The number of thioether (sulfide) groups is 1. The average Bonchev–Trinajstić information content (AvgIpc) is 3.19. The highest BCUT2D eigenvalue weighted by Crippen LogP contribution is 2.51. The molecule has 1 heterocycles. The van der Waals surface area contributed by atoms with Crippen molar-refractivity contribution in [1.82, 2.24) is 10.6 Å². The Balaban J connectivity index is 1.69. The van der Waals surface area contributed by atoms with Gasteiger partial charge >= 0.3 is 5.97 Å². The van der Waals surface area contributed by atoms with Crippen LogP contribution in [0.25, 0.3) is 0 Å². The van der Waals surface area contributed by atoms with Crippen molar-refractivity contribution in [1.29, 1.82) is 0 Å². The van der Waals surface area contributed by atoms with Crippen molar-refractivity contribution in [2.45, 2.75) is 67.9 Å². The summed E-state index contributed by atoms with van der Waals surface area (Å²) >= 11 is 1.65. The topological polar surface area (TPSA) is 162 Å². The molecule has 3 aromatic carbocycles. The van der Waals surface area contributed by atoms with E-state index in [2.05, 4.69) is 10.6 Å². The van der Waals surface area contributed by atoms with Gasteiger partial charge < -0.3 is 25.6 Å². The Morgan fingerprint density at radius 3 is 2.14 bits per heavy atom. The van der Waals surface area contributed by atoms with Gasteiger partial charge in [-0.3, -0.25) is 28.9 Å². The van der Waals surface area contributed by atoms with Gasteiger partial charge in [-0.1, -0.05) is 88.1 Å². The SMILES string of the molecule is CCCCC1(CCCC)C(=O)[SH]c2cc(OCC(=O)N[C@](O)(C(=O)NCC(=O)O)c3ccccc3)c(SC)cc2N(c2ccccc2)C1=O. The molecular formula is C36H42N3O8S2. The molecule has 0 saturated carbocycles. The van der Waals surface area contributed by atoms with Gasteiger partial charge in [-0.2, -0.15) is 0 Å². The van der Waals surface area contributed by atoms with Crippen molar-refractivity contribution in [3.05, 3.63) is 78.4 Å². The maximum absolute atomic E-state index is 14.7. The fourth-order valence-corrected chi connectivity index (χ4v) is 7.42. The van der Waals surface area contributed by atoms with Crippen LogP contribution in [0.4, 0.5) is 11.4 Å². The minimum absolute atomic E-state index is 0.0127. The minimum Gasteiger partial charge on any atom is -0.483 e. The zero-order chi connectivity index (χ0) is 35.6. The van der Waals surface area contributed by atoms with Crippen molar-refractivity contribution < 1.29 is 38.9 Å². The summed E-state index contributed by atoms with van der Waals surface area (Å²) in [7, 11) is 0. The number of nitrogens with one attached hydrogen (secondary N) is 2. The zero-order valence-electron chi connectivity index (χ0n) is 27.7. The number of benzene rings is 3. The number of aliphatic hydroxyl groups is 1. The molecule has 3 aromatic rings. The van der Waals surface area contributed by atoms with Crippen LogP contribution < -0.4 is 20.3 Å². The molecule has 1 aliphatic heterocycles. The first-order valence-electron chi connectivity index (χ1n) is 16.1. The summed E-state index contributed by atoms with van der Waals surface area (Å²) < 4.78 is 5.95. The van der Waals surface area contributed by atoms with E-state index in [1.54, 1.807) is 35.2 Å². The molecule has 1 atom stereocenters. The molecule has 0 saturated heterocycles. The lowest BCUT2D eigenvalue weighted by Crippen LogP contribution is -2.57. The van der Waals surface area contributed by atoms with Gasteiger partial charge in [0.2, 0.25) is 11.6 Å². The van der Waals surface area contributed by atoms with Crippen LogP contribution in [-0.4, -0.2) is 58.4 Å². The van der Waals surface area contributed by atoms with Gasteiger partial charge in [0, 0.05) is 16.1 Å². The summed E-state index contributed by atoms with van der Waals surface area (Å²) in [6, 6.07) is 20.3. The molecule has 4 rings (SSSR count). The summed E-state index contributed by atoms with van der Waals surface area (Å²) in [6.45, 7) is 2.67. The number of carbonyl (C=O) groups is 5. The highest BCUT2D eigenvalue weighted by atomic mass is 32.2. The molecule has 1 aliphatic rings. The number of hydrogen-bond acceptors (Lipinski definition) is 8. The Bertz CT molecular complexity index is 1660. The van der Waals surface area contributed by atoms with Crippen molar-refractivity contribution >= 4 is 63.7 Å². The number of carboxylic acids is 1. The van der Waals surface area contributed by atoms with Crippen LogP contribution >= 0.6 is 23.5 Å². The van der Waals surface area contributed by atoms with Gasteiger partial charge in [0.05, 0.1) is 10.6 Å². The maximum atomic E-state index is 14.7. The highest BCUT2D eigenvalue weighted by molar-refractivity contribution is 8.14. The number of hydrogen-bond donors (Lipinski definition) is 5. The van der Waals surface area contributed by atoms with Gasteiger partial charge in [-0.05, 0) is 43.4 Å². The standard InChI is InChI=1S/C36H42N3O8S2/c1-4-6-18-35(19-7-5-2)33(44)39(25-16-12-9-13-17-25)26-20-29(48-3)27(21-28(26)49-34(35)45)47-23-30(40)38-36(46,24-14-10-8-11-15-24)32(43)37-22-31(41)42/h8-17,20-21,46,49H,4-7,18-19,22-23H2,1-3H3,(H,37,43)(H,38,40)(H,41,42)/t36-/m1/s1. The van der Waals surface area contributed by atoms with Crippen LogP contribution in [0.1, 0.15) is 57.9 Å². The van der Waals surface area contributed by atoms with E-state index in [0.717, 1.165) is 25.7 Å². The fraction of sp³-hybridized carbons (Fsp3) is 0.361. The van der Waals surface area contributed by atoms with Crippen LogP contribution in [0.3, 0.4) is 0 Å². The lowest BCUT2D eigenvalue weighted by molar-refractivity contribution is -0.152. The second-order valence-electron chi connectivity index (χ2n) is 11.7. The van der Waals surface area contributed by atoms with Crippen molar-refractivity contribution in [2.24, 2.45) is 5.41 Å². The quantitative estimate of drug-likeness (QED) is 0.0572. The highest BCUT2D eigenvalue weighted by Gasteiger charge is 2.50. The van der Waals surface area contributed by atoms with E-state index in [1.807, 2.05) is 50.4 Å². The molecule has 261 valence electrons. The first kappa shape index (κ1) is 37.5. The molecule has 0 spiro atoms. The molecule has 0 aromatic heterocycles. The molecule has 0 unspecified atom stereocenters. The van der Waals surface area contributed by atoms with Gasteiger partial charge in [-0.25, -0.2) is 0 Å². The summed E-state index contributed by atoms with van der Waals surface area (Å²) in [5, 5.41) is 24.5. The third-order valence-electron chi connectivity index (χ3n) is 8.27. The summed E-state index contributed by atoms with van der Waals surface area (Å²) in [5.74, 6) is -3.31. The zero-order valence-corrected chi connectivity index (χ0v) is 29.4. The molecular weight excluding hydrogens is 667 g/mol. The predicted octanol–water partition coefficient (Wildman–Crippen LogP) is 5.35. The van der Waals surface area contributed by atoms with E-state index in [4.69, 9.17) is 9.84 Å². The number of amides is 3. The number of aliphatic carboxylic acids is 1. The Morgan fingerprint density at radius 1 is 0.959 bits per heavy atom. The summed E-state index contributed by atoms with van der Waals surface area (Å²) in [6.07, 6.45) is 5.81. The molecule has 49 heavy (non-hydrogen) atoms. The molecule has 3 amide bonds. The number of unbranched alkanes of at least 4 members (excludes halogenated alkanes) is 2. The molecule has 11 nitrogen and oxygen atoms in total. The molecule has 0 bridgehead atoms. The van der Waals surface area contributed by atoms with Crippen LogP contribution in [0.2, 0.25) is 0 Å². The van der Waals surface area contributed by atoms with Crippen molar-refractivity contribution in [2.75, 3.05) is 24.3 Å². The van der Waals surface area contributed by atoms with Crippen LogP contribution in [0.15, 0.2) is 82.6 Å². The largest absolute Gasteiger partial charge is 0.483 e. The van der Waals surface area contributed by atoms with Crippen LogP contribution in [0.5, 0.6) is 5.75 Å². The van der Waals surface area contributed by atoms with E-state index in [1.165, 1.54) is 23.9 Å². The molecule has 13 heteroatoms. The third-order valence-corrected chi connectivity index (χ3v) is 10.3. The predicted molar refractivity (Wildman–Crippen MR) is 190 cm³/mol. The van der Waals surface area contributed by atoms with Crippen molar-refractivity contribution in [3.8, 4) is 5.75 Å². The maximum Gasteiger partial charge on any atom is 0.322 e. The van der Waals surface area contributed by atoms with E-state index in [9.17, 15) is 29.1 Å². The second kappa shape index (κ2) is 16.9. The third kappa shape index (κ3) is 8.46. The second-order valence-corrected chi connectivity index (χ2v) is 13.6. The Hall–Kier alpha value is -4.33. The monoisotopic (exact) mass is 708 g/mol. The van der Waals surface area contributed by atoms with Gasteiger partial charge in [-0.15, -0.1) is 23.5 Å². The molecule has 0 fully saturated rings. The van der Waals surface area contributed by atoms with E-state index >= 15 is 0 Å². The lowest BCUT2D eigenvalue weighted by atomic mass is 9.77. The van der Waals surface area contributed by atoms with E-state index < -0.39 is 42.1 Å². The van der Waals surface area contributed by atoms with E-state index in [-0.39, 0.29) is 22.3 Å². The number of anilines is 2. The molecule has 1 radical (unpaired) electrons. The number of fused-ring (bicyclic) bond motifs is 1. The fourth-order valence-electron chi connectivity index (χ4n) is 5.66. The lowest BCUT2D eigenvalue weighted by Gasteiger charge is -2.34. The Labute approximate surface area is 294 Å². The van der Waals surface area contributed by atoms with Gasteiger partial charge in [0.25, 0.3) is 11.8 Å². The molecule has 0 aliphatic carbocycles. The van der Waals surface area contributed by atoms with E-state index in [0.29, 0.717) is 45.8 Å². The van der Waals surface area contributed by atoms with Crippen molar-refractivity contribution in [3.63, 3.8) is 0 Å². The van der Waals surface area contributed by atoms with Gasteiger partial charge in [0.15, 0.2) is 11.7 Å². The summed E-state index contributed by atoms with van der Waals surface area (Å²) in [4.78, 5) is 68.8. The number of nitrogens with zero attached hydrogens (tertiary/aromatic N) is 1. The number of rotatable bonds is 16. The number of ether oxygens (including phenoxy) is 1. The number of carbonyl (C=O) groups excluding carboxylic acids is 4. The normalized spacial score (nSPS) is 15.1. The average molecular weight is 709 g/mol. The minimum atomic E-state index is -2.59. The van der Waals surface area contributed by atoms with Crippen LogP contribution in [-0.2, 0) is 29.7 Å². The first-order valence-corrected chi connectivity index (χ1v) is 18.2. The number of thiol groups is 1.